The van der Waals surface area contributed by atoms with E-state index in [1.807, 2.05) is 13.8 Å². The van der Waals surface area contributed by atoms with Gasteiger partial charge >= 0.3 is 0 Å². The maximum absolute atomic E-state index is 11.0. The highest BCUT2D eigenvalue weighted by Gasteiger charge is 2.09. The van der Waals surface area contributed by atoms with Crippen molar-refractivity contribution in [3.8, 4) is 0 Å². The van der Waals surface area contributed by atoms with Crippen LogP contribution in [0.2, 0.25) is 0 Å². The van der Waals surface area contributed by atoms with Gasteiger partial charge in [-0.1, -0.05) is 12.1 Å². The third-order valence-corrected chi connectivity index (χ3v) is 3.37. The van der Waals surface area contributed by atoms with Gasteiger partial charge in [-0.3, -0.25) is 4.21 Å². The smallest absolute Gasteiger partial charge is 0.143 e. The van der Waals surface area contributed by atoms with E-state index in [0.29, 0.717) is 13.1 Å². The Morgan fingerprint density at radius 1 is 1.57 bits per heavy atom. The van der Waals surface area contributed by atoms with Gasteiger partial charge in [-0.25, -0.2) is 0 Å². The Bertz CT molecular complexity index is 221. The molecule has 0 heterocycles. The molecule has 0 aliphatic rings. The fraction of sp³-hybridized carbons (Fsp3) is 0.875. The summed E-state index contributed by atoms with van der Waals surface area (Å²) in [6.07, 6.45) is 1.68. The zero-order valence-electron chi connectivity index (χ0n) is 8.86. The number of oxime groups is 1. The van der Waals surface area contributed by atoms with Crippen molar-refractivity contribution in [3.63, 3.8) is 0 Å². The molecule has 6 heteroatoms. The van der Waals surface area contributed by atoms with Gasteiger partial charge in [-0.15, -0.1) is 0 Å². The zero-order valence-corrected chi connectivity index (χ0v) is 9.67. The van der Waals surface area contributed by atoms with Gasteiger partial charge in [0, 0.05) is 41.3 Å². The van der Waals surface area contributed by atoms with Gasteiger partial charge in [0.1, 0.15) is 5.84 Å². The van der Waals surface area contributed by atoms with Gasteiger partial charge in [0.05, 0.1) is 0 Å². The summed E-state index contributed by atoms with van der Waals surface area (Å²) in [4.78, 5) is 0. The van der Waals surface area contributed by atoms with E-state index in [9.17, 15) is 4.21 Å². The first-order valence-electron chi connectivity index (χ1n) is 4.49. The second-order valence-electron chi connectivity index (χ2n) is 3.39. The Labute approximate surface area is 87.2 Å². The van der Waals surface area contributed by atoms with Crippen LogP contribution in [0.3, 0.4) is 0 Å². The number of nitrogens with zero attached hydrogens (tertiary/aromatic N) is 1. The molecule has 0 rings (SSSR count). The molecule has 5 nitrogen and oxygen atoms in total. The number of nitrogens with two attached hydrogens (primary N) is 1. The van der Waals surface area contributed by atoms with Gasteiger partial charge in [0.25, 0.3) is 0 Å². The number of amidine groups is 1. The molecule has 0 aliphatic heterocycles. The van der Waals surface area contributed by atoms with Crippen molar-refractivity contribution in [2.24, 2.45) is 16.8 Å². The molecular formula is C8H19N3O2S. The maximum Gasteiger partial charge on any atom is 0.143 e. The highest BCUT2D eigenvalue weighted by atomic mass is 32.2. The number of hydrogen-bond donors (Lipinski definition) is 3. The standard InChI is InChI=1S/C8H19N3O2S/c1-6(8(9)11-12)4-10-5-7(2)14(3)13/h6-7,10,12H,4-5H2,1-3H3,(H2,9,11). The molecule has 0 amide bonds. The molecule has 0 aromatic rings. The van der Waals surface area contributed by atoms with Crippen molar-refractivity contribution < 1.29 is 9.42 Å². The van der Waals surface area contributed by atoms with Crippen molar-refractivity contribution in [2.45, 2.75) is 19.1 Å². The van der Waals surface area contributed by atoms with Crippen LogP contribution in [0, 0.1) is 5.92 Å². The summed E-state index contributed by atoms with van der Waals surface area (Å²) in [6.45, 7) is 5.07. The molecule has 4 N–H and O–H groups in total. The lowest BCUT2D eigenvalue weighted by Crippen LogP contribution is -2.35. The molecule has 0 saturated heterocycles. The minimum Gasteiger partial charge on any atom is -0.409 e. The molecule has 14 heavy (non-hydrogen) atoms. The molecule has 84 valence electrons. The molecule has 0 aromatic heterocycles. The molecule has 0 bridgehead atoms. The Balaban J connectivity index is 3.69. The Kier molecular flexibility index (Phi) is 6.48. The second kappa shape index (κ2) is 6.78. The van der Waals surface area contributed by atoms with Crippen molar-refractivity contribution in [2.75, 3.05) is 19.3 Å². The Morgan fingerprint density at radius 2 is 2.14 bits per heavy atom. The summed E-state index contributed by atoms with van der Waals surface area (Å²) >= 11 is 0. The summed E-state index contributed by atoms with van der Waals surface area (Å²) in [5.41, 5.74) is 5.39. The van der Waals surface area contributed by atoms with Crippen LogP contribution in [-0.2, 0) is 10.8 Å². The Morgan fingerprint density at radius 3 is 2.57 bits per heavy atom. The predicted octanol–water partition coefficient (Wildman–Crippen LogP) is -0.274. The fourth-order valence-corrected chi connectivity index (χ4v) is 1.18. The lowest BCUT2D eigenvalue weighted by atomic mass is 10.1. The highest BCUT2D eigenvalue weighted by molar-refractivity contribution is 7.84. The minimum atomic E-state index is -0.811. The molecule has 0 spiro atoms. The number of hydrogen-bond acceptors (Lipinski definition) is 4. The molecular weight excluding hydrogens is 202 g/mol. The minimum absolute atomic E-state index is 0.0162. The molecule has 3 atom stereocenters. The van der Waals surface area contributed by atoms with Crippen molar-refractivity contribution in [1.29, 1.82) is 0 Å². The molecule has 0 radical (unpaired) electrons. The number of nitrogens with one attached hydrogen (secondary N) is 1. The van der Waals surface area contributed by atoms with Gasteiger partial charge in [0.2, 0.25) is 0 Å². The van der Waals surface area contributed by atoms with Crippen LogP contribution < -0.4 is 11.1 Å². The third-order valence-electron chi connectivity index (χ3n) is 2.07. The first-order valence-corrected chi connectivity index (χ1v) is 6.11. The van der Waals surface area contributed by atoms with Crippen LogP contribution in [-0.4, -0.2) is 39.8 Å². The van der Waals surface area contributed by atoms with E-state index in [1.54, 1.807) is 6.26 Å². The quantitative estimate of drug-likeness (QED) is 0.249. The highest BCUT2D eigenvalue weighted by Crippen LogP contribution is 1.94. The fourth-order valence-electron chi connectivity index (χ4n) is 0.824. The van der Waals surface area contributed by atoms with Gasteiger partial charge in [0.15, 0.2) is 0 Å². The molecule has 3 unspecified atom stereocenters. The largest absolute Gasteiger partial charge is 0.409 e. The maximum atomic E-state index is 11.0. The summed E-state index contributed by atoms with van der Waals surface area (Å²) < 4.78 is 11.0. The van der Waals surface area contributed by atoms with Crippen LogP contribution in [0.1, 0.15) is 13.8 Å². The zero-order chi connectivity index (χ0) is 11.1. The van der Waals surface area contributed by atoms with E-state index in [1.165, 1.54) is 0 Å². The van der Waals surface area contributed by atoms with Gasteiger partial charge in [-0.05, 0) is 6.92 Å². The van der Waals surface area contributed by atoms with E-state index in [0.717, 1.165) is 0 Å². The van der Waals surface area contributed by atoms with Crippen molar-refractivity contribution in [3.05, 3.63) is 0 Å². The number of rotatable bonds is 6. The van der Waals surface area contributed by atoms with E-state index >= 15 is 0 Å². The first-order chi connectivity index (χ1) is 6.49. The molecule has 0 aromatic carbocycles. The SMILES string of the molecule is CC(CNCC(C)S(C)=O)C(N)=NO. The van der Waals surface area contributed by atoms with Crippen LogP contribution in [0.4, 0.5) is 0 Å². The average molecular weight is 221 g/mol. The normalized spacial score (nSPS) is 18.9. The summed E-state index contributed by atoms with van der Waals surface area (Å²) in [5, 5.41) is 14.5. The lowest BCUT2D eigenvalue weighted by molar-refractivity contribution is 0.314. The monoisotopic (exact) mass is 221 g/mol. The van der Waals surface area contributed by atoms with E-state index in [2.05, 4.69) is 10.5 Å². The summed E-state index contributed by atoms with van der Waals surface area (Å²) in [5.74, 6) is 0.195. The van der Waals surface area contributed by atoms with E-state index in [4.69, 9.17) is 10.9 Å². The first kappa shape index (κ1) is 13.4. The van der Waals surface area contributed by atoms with Crippen LogP contribution in [0.5, 0.6) is 0 Å². The second-order valence-corrected chi connectivity index (χ2v) is 5.20. The van der Waals surface area contributed by atoms with Gasteiger partial charge in [-0.2, -0.15) is 0 Å². The van der Waals surface area contributed by atoms with Crippen LogP contribution in [0.25, 0.3) is 0 Å². The van der Waals surface area contributed by atoms with E-state index in [-0.39, 0.29) is 17.0 Å². The van der Waals surface area contributed by atoms with Crippen molar-refractivity contribution in [1.82, 2.24) is 5.32 Å². The summed E-state index contributed by atoms with van der Waals surface area (Å²) in [6, 6.07) is 0. The van der Waals surface area contributed by atoms with Gasteiger partial charge < -0.3 is 16.3 Å². The average Bonchev–Trinajstić information content (AvgIpc) is 2.15. The van der Waals surface area contributed by atoms with E-state index < -0.39 is 10.8 Å². The molecule has 0 aliphatic carbocycles. The predicted molar refractivity (Wildman–Crippen MR) is 59.0 cm³/mol. The van der Waals surface area contributed by atoms with Crippen molar-refractivity contribution >= 4 is 16.6 Å². The Hall–Kier alpha value is -0.620. The van der Waals surface area contributed by atoms with Crippen LogP contribution in [0.15, 0.2) is 5.16 Å². The topological polar surface area (TPSA) is 87.7 Å². The molecule has 0 fully saturated rings. The van der Waals surface area contributed by atoms with Crippen LogP contribution >= 0.6 is 0 Å². The third kappa shape index (κ3) is 5.18. The lowest BCUT2D eigenvalue weighted by Gasteiger charge is -2.13. The summed E-state index contributed by atoms with van der Waals surface area (Å²) in [7, 11) is -0.811. The molecule has 0 saturated carbocycles.